The van der Waals surface area contributed by atoms with Crippen molar-refractivity contribution in [2.24, 2.45) is 0 Å². The van der Waals surface area contributed by atoms with Crippen LogP contribution < -0.4 is 0 Å². The van der Waals surface area contributed by atoms with Gasteiger partial charge in [-0.15, -0.1) is 10.2 Å². The lowest BCUT2D eigenvalue weighted by molar-refractivity contribution is -0.137. The molecule has 0 amide bonds. The van der Waals surface area contributed by atoms with Gasteiger partial charge in [-0.1, -0.05) is 59.4 Å². The van der Waals surface area contributed by atoms with Crippen molar-refractivity contribution < 1.29 is 17.7 Å². The molecule has 0 radical (unpaired) electrons. The summed E-state index contributed by atoms with van der Waals surface area (Å²) in [5, 5.41) is 13.2. The van der Waals surface area contributed by atoms with Gasteiger partial charge in [-0.2, -0.15) is 18.2 Å². The summed E-state index contributed by atoms with van der Waals surface area (Å²) in [7, 11) is 0. The Morgan fingerprint density at radius 3 is 2.51 bits per heavy atom. The average molecular weight is 495 g/mol. The van der Waals surface area contributed by atoms with E-state index in [1.165, 1.54) is 23.9 Å². The third kappa shape index (κ3) is 5.24. The zero-order valence-corrected chi connectivity index (χ0v) is 18.9. The molecule has 7 nitrogen and oxygen atoms in total. The van der Waals surface area contributed by atoms with Gasteiger partial charge in [0.15, 0.2) is 11.0 Å². The number of rotatable bonds is 7. The molecule has 0 aliphatic heterocycles. The summed E-state index contributed by atoms with van der Waals surface area (Å²) in [6.45, 7) is 0.541. The van der Waals surface area contributed by atoms with Gasteiger partial charge >= 0.3 is 6.18 Å². The number of aromatic nitrogens is 6. The van der Waals surface area contributed by atoms with Gasteiger partial charge in [0.1, 0.15) is 0 Å². The van der Waals surface area contributed by atoms with Crippen LogP contribution in [-0.4, -0.2) is 29.9 Å². The number of hydrogen-bond acceptors (Lipinski definition) is 7. The topological polar surface area (TPSA) is 82.5 Å². The summed E-state index contributed by atoms with van der Waals surface area (Å²) in [4.78, 5) is 8.44. The van der Waals surface area contributed by atoms with Crippen molar-refractivity contribution >= 4 is 11.8 Å². The van der Waals surface area contributed by atoms with Crippen LogP contribution in [0.15, 0.2) is 88.8 Å². The first-order valence-electron chi connectivity index (χ1n) is 10.5. The molecule has 0 unspecified atom stereocenters. The Hall–Kier alpha value is -3.99. The van der Waals surface area contributed by atoms with Gasteiger partial charge in [0.2, 0.25) is 11.7 Å². The zero-order valence-electron chi connectivity index (χ0n) is 18.1. The van der Waals surface area contributed by atoms with E-state index in [-0.39, 0.29) is 23.0 Å². The summed E-state index contributed by atoms with van der Waals surface area (Å²) in [6.07, 6.45) is -1.04. The highest BCUT2D eigenvalue weighted by atomic mass is 32.2. The standard InChI is InChI=1S/C24H17F3N6OS/c25-24(26,27)19-10-4-8-17(12-19)21-29-20(34-32-21)15-35-23-31-30-22(18-9-5-11-28-13-18)33(23)14-16-6-2-1-3-7-16/h1-13H,14-15H2. The summed E-state index contributed by atoms with van der Waals surface area (Å²) in [5.41, 5.74) is 1.36. The Labute approximate surface area is 202 Å². The van der Waals surface area contributed by atoms with Crippen LogP contribution in [0, 0.1) is 0 Å². The number of alkyl halides is 3. The van der Waals surface area contributed by atoms with Crippen molar-refractivity contribution in [3.8, 4) is 22.8 Å². The van der Waals surface area contributed by atoms with Gasteiger partial charge in [0.25, 0.3) is 0 Å². The summed E-state index contributed by atoms with van der Waals surface area (Å²) in [6, 6.07) is 18.5. The molecular weight excluding hydrogens is 477 g/mol. The molecule has 0 spiro atoms. The van der Waals surface area contributed by atoms with E-state index in [0.717, 1.165) is 23.3 Å². The molecule has 0 bridgehead atoms. The molecule has 5 aromatic rings. The van der Waals surface area contributed by atoms with E-state index < -0.39 is 11.7 Å². The second-order valence-electron chi connectivity index (χ2n) is 7.50. The van der Waals surface area contributed by atoms with E-state index >= 15 is 0 Å². The number of nitrogens with zero attached hydrogens (tertiary/aromatic N) is 6. The minimum absolute atomic E-state index is 0.0912. The number of thioether (sulfide) groups is 1. The van der Waals surface area contributed by atoms with Crippen LogP contribution in [0.5, 0.6) is 0 Å². The molecule has 3 heterocycles. The molecule has 5 rings (SSSR count). The monoisotopic (exact) mass is 494 g/mol. The van der Waals surface area contributed by atoms with E-state index in [4.69, 9.17) is 4.52 Å². The second kappa shape index (κ2) is 9.71. The van der Waals surface area contributed by atoms with Crippen molar-refractivity contribution in [1.29, 1.82) is 0 Å². The molecule has 176 valence electrons. The van der Waals surface area contributed by atoms with Crippen LogP contribution in [0.2, 0.25) is 0 Å². The lowest BCUT2D eigenvalue weighted by Gasteiger charge is -2.10. The fourth-order valence-electron chi connectivity index (χ4n) is 3.40. The van der Waals surface area contributed by atoms with Gasteiger partial charge in [0, 0.05) is 23.5 Å². The molecule has 0 atom stereocenters. The maximum absolute atomic E-state index is 13.0. The van der Waals surface area contributed by atoms with Crippen LogP contribution >= 0.6 is 11.8 Å². The zero-order chi connectivity index (χ0) is 24.3. The molecule has 0 aliphatic carbocycles. The van der Waals surface area contributed by atoms with Crippen molar-refractivity contribution in [2.45, 2.75) is 23.6 Å². The van der Waals surface area contributed by atoms with Crippen molar-refractivity contribution in [2.75, 3.05) is 0 Å². The first-order valence-corrected chi connectivity index (χ1v) is 11.5. The Morgan fingerprint density at radius 2 is 1.74 bits per heavy atom. The van der Waals surface area contributed by atoms with Gasteiger partial charge < -0.3 is 4.52 Å². The number of benzene rings is 2. The fourth-order valence-corrected chi connectivity index (χ4v) is 4.18. The molecule has 11 heteroatoms. The Bertz CT molecular complexity index is 1420. The van der Waals surface area contributed by atoms with Crippen LogP contribution in [-0.2, 0) is 18.5 Å². The molecule has 0 fully saturated rings. The largest absolute Gasteiger partial charge is 0.416 e. The number of pyridine rings is 1. The summed E-state index contributed by atoms with van der Waals surface area (Å²) >= 11 is 1.34. The van der Waals surface area contributed by atoms with Gasteiger partial charge in [-0.05, 0) is 29.8 Å². The lowest BCUT2D eigenvalue weighted by Crippen LogP contribution is -2.04. The Balaban J connectivity index is 1.38. The molecule has 0 aliphatic rings. The molecule has 3 aromatic heterocycles. The average Bonchev–Trinajstić information content (AvgIpc) is 3.51. The van der Waals surface area contributed by atoms with Crippen molar-refractivity contribution in [3.05, 3.63) is 96.1 Å². The molecule has 2 aromatic carbocycles. The quantitative estimate of drug-likeness (QED) is 0.267. The van der Waals surface area contributed by atoms with Crippen LogP contribution in [0.1, 0.15) is 17.0 Å². The van der Waals surface area contributed by atoms with Crippen molar-refractivity contribution in [1.82, 2.24) is 29.9 Å². The van der Waals surface area contributed by atoms with E-state index in [0.29, 0.717) is 17.5 Å². The number of halogens is 3. The Kier molecular flexibility index (Phi) is 6.32. The Morgan fingerprint density at radius 1 is 0.914 bits per heavy atom. The fraction of sp³-hybridized carbons (Fsp3) is 0.125. The SMILES string of the molecule is FC(F)(F)c1cccc(-c2noc(CSc3nnc(-c4cccnc4)n3Cc3ccccc3)n2)c1. The first-order chi connectivity index (χ1) is 17.0. The van der Waals surface area contributed by atoms with Gasteiger partial charge in [0.05, 0.1) is 17.9 Å². The summed E-state index contributed by atoms with van der Waals surface area (Å²) in [5.74, 6) is 1.29. The number of hydrogen-bond donors (Lipinski definition) is 0. The second-order valence-corrected chi connectivity index (χ2v) is 8.44. The minimum atomic E-state index is -4.45. The molecule has 0 saturated carbocycles. The maximum atomic E-state index is 13.0. The summed E-state index contributed by atoms with van der Waals surface area (Å²) < 4.78 is 46.3. The highest BCUT2D eigenvalue weighted by Gasteiger charge is 2.30. The molecular formula is C24H17F3N6OS. The smallest absolute Gasteiger partial charge is 0.338 e. The third-order valence-electron chi connectivity index (χ3n) is 5.06. The maximum Gasteiger partial charge on any atom is 0.416 e. The molecule has 35 heavy (non-hydrogen) atoms. The van der Waals surface area contributed by atoms with E-state index in [9.17, 15) is 13.2 Å². The van der Waals surface area contributed by atoms with E-state index in [1.807, 2.05) is 47.0 Å². The lowest BCUT2D eigenvalue weighted by atomic mass is 10.1. The van der Waals surface area contributed by atoms with Crippen LogP contribution in [0.3, 0.4) is 0 Å². The highest BCUT2D eigenvalue weighted by Crippen LogP contribution is 2.32. The highest BCUT2D eigenvalue weighted by molar-refractivity contribution is 7.98. The molecule has 0 N–H and O–H groups in total. The predicted octanol–water partition coefficient (Wildman–Crippen LogP) is 5.75. The van der Waals surface area contributed by atoms with Crippen molar-refractivity contribution in [3.63, 3.8) is 0 Å². The van der Waals surface area contributed by atoms with E-state index in [1.54, 1.807) is 12.4 Å². The third-order valence-corrected chi connectivity index (χ3v) is 6.01. The van der Waals surface area contributed by atoms with Gasteiger partial charge in [-0.3, -0.25) is 9.55 Å². The van der Waals surface area contributed by atoms with Crippen LogP contribution in [0.25, 0.3) is 22.8 Å². The molecule has 0 saturated heterocycles. The van der Waals surface area contributed by atoms with Gasteiger partial charge in [-0.25, -0.2) is 0 Å². The first kappa shape index (κ1) is 22.8. The normalized spacial score (nSPS) is 11.6. The minimum Gasteiger partial charge on any atom is -0.338 e. The van der Waals surface area contributed by atoms with Crippen LogP contribution in [0.4, 0.5) is 13.2 Å². The predicted molar refractivity (Wildman–Crippen MR) is 123 cm³/mol. The van der Waals surface area contributed by atoms with E-state index in [2.05, 4.69) is 25.3 Å².